The number of carbonyl (C=O) groups is 1. The summed E-state index contributed by atoms with van der Waals surface area (Å²) in [6, 6.07) is 22.1. The van der Waals surface area contributed by atoms with Crippen molar-refractivity contribution in [2.24, 2.45) is 0 Å². The molecule has 0 aromatic heterocycles. The van der Waals surface area contributed by atoms with Crippen LogP contribution in [0.3, 0.4) is 0 Å². The van der Waals surface area contributed by atoms with Crippen LogP contribution in [-0.2, 0) is 0 Å². The summed E-state index contributed by atoms with van der Waals surface area (Å²) in [4.78, 5) is 12.4. The van der Waals surface area contributed by atoms with Crippen LogP contribution < -0.4 is 15.8 Å². The Morgan fingerprint density at radius 3 is 2.25 bits per heavy atom. The Morgan fingerprint density at radius 1 is 0.875 bits per heavy atom. The maximum absolute atomic E-state index is 12.4. The molecule has 0 radical (unpaired) electrons. The van der Waals surface area contributed by atoms with Gasteiger partial charge in [0, 0.05) is 16.9 Å². The van der Waals surface area contributed by atoms with Crippen LogP contribution in [0.4, 0.5) is 11.4 Å². The monoisotopic (exact) mass is 318 g/mol. The number of hydrogen-bond donors (Lipinski definition) is 2. The van der Waals surface area contributed by atoms with Crippen LogP contribution in [0, 0.1) is 6.92 Å². The summed E-state index contributed by atoms with van der Waals surface area (Å²) in [6.07, 6.45) is 0. The van der Waals surface area contributed by atoms with Gasteiger partial charge in [0.2, 0.25) is 0 Å². The first kappa shape index (κ1) is 15.6. The largest absolute Gasteiger partial charge is 0.457 e. The molecule has 0 aliphatic carbocycles. The van der Waals surface area contributed by atoms with Gasteiger partial charge in [0.05, 0.1) is 0 Å². The van der Waals surface area contributed by atoms with Crippen LogP contribution in [-0.4, -0.2) is 5.91 Å². The quantitative estimate of drug-likeness (QED) is 0.690. The number of ether oxygens (including phenoxy) is 1. The third-order valence-corrected chi connectivity index (χ3v) is 3.71. The molecule has 0 atom stereocenters. The van der Waals surface area contributed by atoms with E-state index in [1.807, 2.05) is 49.4 Å². The molecule has 0 aliphatic heterocycles. The molecule has 3 aromatic carbocycles. The number of carbonyl (C=O) groups excluding carboxylic acids is 1. The second-order valence-corrected chi connectivity index (χ2v) is 5.41. The molecule has 0 saturated carbocycles. The molecule has 3 N–H and O–H groups in total. The summed E-state index contributed by atoms with van der Waals surface area (Å²) in [6.45, 7) is 1.83. The van der Waals surface area contributed by atoms with Crippen molar-refractivity contribution in [3.8, 4) is 11.5 Å². The predicted octanol–water partition coefficient (Wildman–Crippen LogP) is 4.62. The Bertz CT molecular complexity index is 843. The van der Waals surface area contributed by atoms with Crippen molar-refractivity contribution in [2.75, 3.05) is 11.1 Å². The first-order chi connectivity index (χ1) is 11.6. The van der Waals surface area contributed by atoms with E-state index in [9.17, 15) is 4.79 Å². The normalized spacial score (nSPS) is 10.2. The van der Waals surface area contributed by atoms with Crippen molar-refractivity contribution in [3.05, 3.63) is 83.9 Å². The third kappa shape index (κ3) is 3.55. The zero-order valence-corrected chi connectivity index (χ0v) is 13.3. The van der Waals surface area contributed by atoms with E-state index in [1.165, 1.54) is 0 Å². The standard InChI is InChI=1S/C20H18N2O2/c1-14-18(8-5-9-19(14)21)20(23)22-15-10-12-17(13-11-15)24-16-6-3-2-4-7-16/h2-13H,21H2,1H3,(H,22,23). The minimum atomic E-state index is -0.184. The zero-order valence-electron chi connectivity index (χ0n) is 13.3. The van der Waals surface area contributed by atoms with E-state index >= 15 is 0 Å². The summed E-state index contributed by atoms with van der Waals surface area (Å²) in [7, 11) is 0. The Morgan fingerprint density at radius 2 is 1.54 bits per heavy atom. The highest BCUT2D eigenvalue weighted by Crippen LogP contribution is 2.23. The van der Waals surface area contributed by atoms with E-state index in [0.29, 0.717) is 22.7 Å². The molecule has 0 fully saturated rings. The van der Waals surface area contributed by atoms with Gasteiger partial charge in [-0.15, -0.1) is 0 Å². The van der Waals surface area contributed by atoms with E-state index in [2.05, 4.69) is 5.32 Å². The second kappa shape index (κ2) is 6.87. The Balaban J connectivity index is 1.70. The number of para-hydroxylation sites is 1. The Labute approximate surface area is 140 Å². The number of nitrogens with one attached hydrogen (secondary N) is 1. The zero-order chi connectivity index (χ0) is 16.9. The summed E-state index contributed by atoms with van der Waals surface area (Å²) < 4.78 is 5.73. The second-order valence-electron chi connectivity index (χ2n) is 5.41. The first-order valence-electron chi connectivity index (χ1n) is 7.63. The van der Waals surface area contributed by atoms with Crippen LogP contribution in [0.1, 0.15) is 15.9 Å². The van der Waals surface area contributed by atoms with Crippen LogP contribution in [0.5, 0.6) is 11.5 Å². The maximum Gasteiger partial charge on any atom is 0.256 e. The van der Waals surface area contributed by atoms with Gasteiger partial charge in [-0.1, -0.05) is 24.3 Å². The van der Waals surface area contributed by atoms with Crippen LogP contribution >= 0.6 is 0 Å². The molecule has 4 nitrogen and oxygen atoms in total. The van der Waals surface area contributed by atoms with Gasteiger partial charge in [-0.05, 0) is 61.0 Å². The Hall–Kier alpha value is -3.27. The van der Waals surface area contributed by atoms with Crippen LogP contribution in [0.25, 0.3) is 0 Å². The minimum absolute atomic E-state index is 0.184. The first-order valence-corrected chi connectivity index (χ1v) is 7.63. The molecule has 0 aliphatic rings. The molecule has 0 bridgehead atoms. The summed E-state index contributed by atoms with van der Waals surface area (Å²) in [5, 5.41) is 2.87. The van der Waals surface area contributed by atoms with E-state index in [1.54, 1.807) is 30.3 Å². The summed E-state index contributed by atoms with van der Waals surface area (Å²) in [5.41, 5.74) is 8.50. The topological polar surface area (TPSA) is 64.4 Å². The SMILES string of the molecule is Cc1c(N)cccc1C(=O)Nc1ccc(Oc2ccccc2)cc1. The average molecular weight is 318 g/mol. The van der Waals surface area contributed by atoms with Gasteiger partial charge in [0.15, 0.2) is 0 Å². The molecule has 3 rings (SSSR count). The van der Waals surface area contributed by atoms with E-state index in [4.69, 9.17) is 10.5 Å². The molecule has 1 amide bonds. The van der Waals surface area contributed by atoms with E-state index in [0.717, 1.165) is 11.3 Å². The van der Waals surface area contributed by atoms with Crippen LogP contribution in [0.15, 0.2) is 72.8 Å². The number of nitrogen functional groups attached to an aromatic ring is 1. The molecule has 3 aromatic rings. The lowest BCUT2D eigenvalue weighted by Crippen LogP contribution is -2.14. The van der Waals surface area contributed by atoms with E-state index < -0.39 is 0 Å². The predicted molar refractivity (Wildman–Crippen MR) is 96.5 cm³/mol. The molecule has 4 heteroatoms. The van der Waals surface area contributed by atoms with Crippen molar-refractivity contribution in [2.45, 2.75) is 6.92 Å². The number of nitrogens with two attached hydrogens (primary N) is 1. The van der Waals surface area contributed by atoms with Gasteiger partial charge in [-0.2, -0.15) is 0 Å². The molecule has 120 valence electrons. The number of rotatable bonds is 4. The van der Waals surface area contributed by atoms with Gasteiger partial charge in [0.25, 0.3) is 5.91 Å². The number of hydrogen-bond acceptors (Lipinski definition) is 3. The van der Waals surface area contributed by atoms with Crippen molar-refractivity contribution in [1.82, 2.24) is 0 Å². The van der Waals surface area contributed by atoms with Gasteiger partial charge in [-0.25, -0.2) is 0 Å². The van der Waals surface area contributed by atoms with Crippen molar-refractivity contribution in [1.29, 1.82) is 0 Å². The number of benzene rings is 3. The molecular weight excluding hydrogens is 300 g/mol. The highest BCUT2D eigenvalue weighted by molar-refractivity contribution is 6.06. The summed E-state index contributed by atoms with van der Waals surface area (Å²) in [5.74, 6) is 1.29. The van der Waals surface area contributed by atoms with Gasteiger partial charge in [-0.3, -0.25) is 4.79 Å². The fraction of sp³-hybridized carbons (Fsp3) is 0.0500. The van der Waals surface area contributed by atoms with E-state index in [-0.39, 0.29) is 5.91 Å². The Kier molecular flexibility index (Phi) is 4.47. The molecule has 0 spiro atoms. The fourth-order valence-electron chi connectivity index (χ4n) is 2.33. The lowest BCUT2D eigenvalue weighted by molar-refractivity contribution is 0.102. The molecule has 0 unspecified atom stereocenters. The highest BCUT2D eigenvalue weighted by atomic mass is 16.5. The summed E-state index contributed by atoms with van der Waals surface area (Å²) >= 11 is 0. The van der Waals surface area contributed by atoms with Crippen LogP contribution in [0.2, 0.25) is 0 Å². The number of anilines is 2. The molecule has 0 saturated heterocycles. The number of amides is 1. The lowest BCUT2D eigenvalue weighted by Gasteiger charge is -2.10. The van der Waals surface area contributed by atoms with Gasteiger partial charge < -0.3 is 15.8 Å². The van der Waals surface area contributed by atoms with Crippen molar-refractivity contribution < 1.29 is 9.53 Å². The molecule has 24 heavy (non-hydrogen) atoms. The van der Waals surface area contributed by atoms with Crippen molar-refractivity contribution in [3.63, 3.8) is 0 Å². The minimum Gasteiger partial charge on any atom is -0.457 e. The third-order valence-electron chi connectivity index (χ3n) is 3.71. The maximum atomic E-state index is 12.4. The molecular formula is C20H18N2O2. The van der Waals surface area contributed by atoms with Gasteiger partial charge in [0.1, 0.15) is 11.5 Å². The smallest absolute Gasteiger partial charge is 0.256 e. The average Bonchev–Trinajstić information content (AvgIpc) is 2.60. The van der Waals surface area contributed by atoms with Crippen molar-refractivity contribution >= 4 is 17.3 Å². The molecule has 0 heterocycles. The van der Waals surface area contributed by atoms with Gasteiger partial charge >= 0.3 is 0 Å². The fourth-order valence-corrected chi connectivity index (χ4v) is 2.33. The lowest BCUT2D eigenvalue weighted by atomic mass is 10.1. The highest BCUT2D eigenvalue weighted by Gasteiger charge is 2.10.